The molecule has 4 nitrogen and oxygen atoms in total. The Kier molecular flexibility index (Phi) is 4.85. The molecule has 0 saturated heterocycles. The van der Waals surface area contributed by atoms with Crippen LogP contribution in [0.1, 0.15) is 11.3 Å². The number of nitrogens with zero attached hydrogens (tertiary/aromatic N) is 2. The number of benzene rings is 2. The fraction of sp³-hybridized carbons (Fsp3) is 0.0455. The van der Waals surface area contributed by atoms with E-state index in [1.165, 1.54) is 16.7 Å². The Hall–Kier alpha value is -3.18. The first kappa shape index (κ1) is 17.2. The molecule has 3 aromatic rings. The average Bonchev–Trinajstić information content (AvgIpc) is 2.94. The van der Waals surface area contributed by atoms with Crippen molar-refractivity contribution in [2.45, 2.75) is 11.4 Å². The Balaban J connectivity index is 1.73. The topological polar surface area (TPSA) is 50.3 Å². The summed E-state index contributed by atoms with van der Waals surface area (Å²) in [5.74, 6) is -0.561. The van der Waals surface area contributed by atoms with E-state index >= 15 is 0 Å². The third kappa shape index (κ3) is 3.55. The van der Waals surface area contributed by atoms with Crippen LogP contribution in [0.4, 0.5) is 0 Å². The van der Waals surface area contributed by atoms with Gasteiger partial charge in [0.25, 0.3) is 11.8 Å². The van der Waals surface area contributed by atoms with Crippen molar-refractivity contribution >= 4 is 29.1 Å². The van der Waals surface area contributed by atoms with Crippen LogP contribution in [-0.2, 0) is 16.1 Å². The minimum atomic E-state index is -0.282. The van der Waals surface area contributed by atoms with Crippen molar-refractivity contribution in [1.29, 1.82) is 0 Å². The highest BCUT2D eigenvalue weighted by molar-refractivity contribution is 8.04. The highest BCUT2D eigenvalue weighted by atomic mass is 32.2. The van der Waals surface area contributed by atoms with Crippen molar-refractivity contribution in [2.24, 2.45) is 0 Å². The fourth-order valence-electron chi connectivity index (χ4n) is 2.91. The summed E-state index contributed by atoms with van der Waals surface area (Å²) in [4.78, 5) is 33.1. The number of amides is 2. The summed E-state index contributed by atoms with van der Waals surface area (Å²) in [6, 6.07) is 24.4. The number of hydrogen-bond acceptors (Lipinski definition) is 4. The minimum absolute atomic E-state index is 0.160. The Morgan fingerprint density at radius 3 is 2.11 bits per heavy atom. The second-order valence-electron chi connectivity index (χ2n) is 6.00. The van der Waals surface area contributed by atoms with Crippen molar-refractivity contribution in [2.75, 3.05) is 0 Å². The van der Waals surface area contributed by atoms with E-state index in [0.29, 0.717) is 16.2 Å². The van der Waals surface area contributed by atoms with Crippen LogP contribution in [0.5, 0.6) is 0 Å². The van der Waals surface area contributed by atoms with Gasteiger partial charge in [0, 0.05) is 11.1 Å². The van der Waals surface area contributed by atoms with Crippen LogP contribution in [0.2, 0.25) is 0 Å². The molecule has 27 heavy (non-hydrogen) atoms. The summed E-state index contributed by atoms with van der Waals surface area (Å²) in [5.41, 5.74) is 1.88. The third-order valence-electron chi connectivity index (χ3n) is 4.20. The van der Waals surface area contributed by atoms with Gasteiger partial charge in [0.1, 0.15) is 0 Å². The van der Waals surface area contributed by atoms with E-state index in [2.05, 4.69) is 4.98 Å². The Bertz CT molecular complexity index is 1000. The van der Waals surface area contributed by atoms with Gasteiger partial charge < -0.3 is 0 Å². The summed E-state index contributed by atoms with van der Waals surface area (Å²) in [5, 5.41) is 0. The Morgan fingerprint density at radius 1 is 0.778 bits per heavy atom. The molecule has 0 spiro atoms. The Labute approximate surface area is 161 Å². The van der Waals surface area contributed by atoms with Crippen LogP contribution in [0.15, 0.2) is 94.9 Å². The molecule has 0 saturated carbocycles. The first-order valence-electron chi connectivity index (χ1n) is 8.53. The lowest BCUT2D eigenvalue weighted by atomic mass is 10.1. The van der Waals surface area contributed by atoms with Crippen molar-refractivity contribution in [3.8, 4) is 0 Å². The second-order valence-corrected chi connectivity index (χ2v) is 7.09. The van der Waals surface area contributed by atoms with Crippen molar-refractivity contribution in [3.05, 3.63) is 101 Å². The zero-order chi connectivity index (χ0) is 18.6. The van der Waals surface area contributed by atoms with Gasteiger partial charge in [-0.2, -0.15) is 0 Å². The monoisotopic (exact) mass is 372 g/mol. The molecule has 0 aliphatic carbocycles. The molecular formula is C22H16N2O2S. The van der Waals surface area contributed by atoms with Gasteiger partial charge in [0.15, 0.2) is 0 Å². The lowest BCUT2D eigenvalue weighted by Gasteiger charge is -2.14. The predicted octanol–water partition coefficient (Wildman–Crippen LogP) is 4.15. The number of rotatable bonds is 5. The molecule has 4 rings (SSSR count). The third-order valence-corrected chi connectivity index (χ3v) is 5.29. The number of aromatic nitrogens is 1. The number of carbonyl (C=O) groups excluding carboxylic acids is 2. The Morgan fingerprint density at radius 2 is 1.44 bits per heavy atom. The lowest BCUT2D eigenvalue weighted by molar-refractivity contribution is -0.137. The molecule has 0 fully saturated rings. The predicted molar refractivity (Wildman–Crippen MR) is 105 cm³/mol. The highest BCUT2D eigenvalue weighted by Gasteiger charge is 2.39. The summed E-state index contributed by atoms with van der Waals surface area (Å²) < 4.78 is 0. The summed E-state index contributed by atoms with van der Waals surface area (Å²) in [7, 11) is 0. The van der Waals surface area contributed by atoms with Gasteiger partial charge in [-0.25, -0.2) is 0 Å². The first-order chi connectivity index (χ1) is 13.2. The summed E-state index contributed by atoms with van der Waals surface area (Å²) in [6.45, 7) is 0.160. The number of hydrogen-bond donors (Lipinski definition) is 0. The van der Waals surface area contributed by atoms with Gasteiger partial charge in [-0.15, -0.1) is 0 Å². The maximum absolute atomic E-state index is 13.1. The molecule has 2 amide bonds. The van der Waals surface area contributed by atoms with Gasteiger partial charge in [0.05, 0.1) is 22.7 Å². The molecule has 132 valence electrons. The van der Waals surface area contributed by atoms with Gasteiger partial charge in [-0.3, -0.25) is 19.5 Å². The maximum atomic E-state index is 13.1. The SMILES string of the molecule is O=C1C(Sc2ccccc2)=C(c2ccccc2)C(=O)N1Cc1ccccn1. The van der Waals surface area contributed by atoms with E-state index in [-0.39, 0.29) is 18.4 Å². The zero-order valence-corrected chi connectivity index (χ0v) is 15.2. The fourth-order valence-corrected chi connectivity index (χ4v) is 3.95. The number of imide groups is 1. The van der Waals surface area contributed by atoms with Gasteiger partial charge >= 0.3 is 0 Å². The number of thioether (sulfide) groups is 1. The first-order valence-corrected chi connectivity index (χ1v) is 9.34. The normalized spacial score (nSPS) is 14.1. The minimum Gasteiger partial charge on any atom is -0.269 e. The van der Waals surface area contributed by atoms with E-state index in [9.17, 15) is 9.59 Å². The number of carbonyl (C=O) groups is 2. The molecule has 1 aliphatic heterocycles. The molecule has 2 heterocycles. The molecule has 0 radical (unpaired) electrons. The largest absolute Gasteiger partial charge is 0.269 e. The van der Waals surface area contributed by atoms with E-state index in [4.69, 9.17) is 0 Å². The highest BCUT2D eigenvalue weighted by Crippen LogP contribution is 2.39. The van der Waals surface area contributed by atoms with E-state index in [0.717, 1.165) is 10.5 Å². The van der Waals surface area contributed by atoms with Gasteiger partial charge in [-0.1, -0.05) is 66.4 Å². The summed E-state index contributed by atoms with van der Waals surface area (Å²) >= 11 is 1.33. The molecule has 1 aromatic heterocycles. The lowest BCUT2D eigenvalue weighted by Crippen LogP contribution is -2.31. The van der Waals surface area contributed by atoms with Crippen molar-refractivity contribution in [1.82, 2.24) is 9.88 Å². The van der Waals surface area contributed by atoms with Gasteiger partial charge in [-0.05, 0) is 29.8 Å². The van der Waals surface area contributed by atoms with Crippen molar-refractivity contribution in [3.63, 3.8) is 0 Å². The van der Waals surface area contributed by atoms with Crippen LogP contribution >= 0.6 is 11.8 Å². The molecule has 5 heteroatoms. The second kappa shape index (κ2) is 7.60. The van der Waals surface area contributed by atoms with Crippen LogP contribution in [-0.4, -0.2) is 21.7 Å². The maximum Gasteiger partial charge on any atom is 0.268 e. The standard InChI is InChI=1S/C22H16N2O2S/c25-21-19(16-9-3-1-4-10-16)20(27-18-12-5-2-6-13-18)22(26)24(21)15-17-11-7-8-14-23-17/h1-14H,15H2. The molecule has 0 atom stereocenters. The van der Waals surface area contributed by atoms with E-state index in [1.807, 2.05) is 78.9 Å². The average molecular weight is 372 g/mol. The number of pyridine rings is 1. The van der Waals surface area contributed by atoms with E-state index in [1.54, 1.807) is 6.20 Å². The molecule has 2 aromatic carbocycles. The molecule has 0 unspecified atom stereocenters. The molecule has 0 bridgehead atoms. The quantitative estimate of drug-likeness (QED) is 0.631. The van der Waals surface area contributed by atoms with Crippen LogP contribution in [0, 0.1) is 0 Å². The molecular weight excluding hydrogens is 356 g/mol. The summed E-state index contributed by atoms with van der Waals surface area (Å²) in [6.07, 6.45) is 1.66. The van der Waals surface area contributed by atoms with Gasteiger partial charge in [0.2, 0.25) is 0 Å². The zero-order valence-electron chi connectivity index (χ0n) is 14.4. The van der Waals surface area contributed by atoms with Crippen LogP contribution < -0.4 is 0 Å². The van der Waals surface area contributed by atoms with E-state index < -0.39 is 0 Å². The van der Waals surface area contributed by atoms with Crippen LogP contribution in [0.25, 0.3) is 5.57 Å². The van der Waals surface area contributed by atoms with Crippen molar-refractivity contribution < 1.29 is 9.59 Å². The molecule has 1 aliphatic rings. The smallest absolute Gasteiger partial charge is 0.268 e. The van der Waals surface area contributed by atoms with Crippen LogP contribution in [0.3, 0.4) is 0 Å². The molecule has 0 N–H and O–H groups in total.